The van der Waals surface area contributed by atoms with Crippen LogP contribution in [0, 0.1) is 0 Å². The van der Waals surface area contributed by atoms with Gasteiger partial charge in [-0.2, -0.15) is 0 Å². The maximum atomic E-state index is 11.7. The van der Waals surface area contributed by atoms with E-state index in [-0.39, 0.29) is 41.9 Å². The number of carboxylic acids is 5. The van der Waals surface area contributed by atoms with Crippen LogP contribution in [0.5, 0.6) is 0 Å². The van der Waals surface area contributed by atoms with Gasteiger partial charge in [0.15, 0.2) is 5.60 Å². The van der Waals surface area contributed by atoms with Crippen molar-refractivity contribution in [2.75, 3.05) is 0 Å². The number of carbonyl (C=O) groups is 6. The van der Waals surface area contributed by atoms with Gasteiger partial charge in [-0.25, -0.2) is 9.59 Å². The fourth-order valence-electron chi connectivity index (χ4n) is 1.77. The van der Waals surface area contributed by atoms with E-state index in [1.54, 1.807) is 0 Å². The van der Waals surface area contributed by atoms with Crippen molar-refractivity contribution in [3.8, 4) is 0 Å². The Morgan fingerprint density at radius 2 is 1.00 bits per heavy atom. The van der Waals surface area contributed by atoms with Crippen molar-refractivity contribution in [3.05, 3.63) is 0 Å². The van der Waals surface area contributed by atoms with Crippen molar-refractivity contribution in [1.29, 1.82) is 0 Å². The predicted molar refractivity (Wildman–Crippen MR) is 87.6 cm³/mol. The Bertz CT molecular complexity index is 607. The average molecular weight is 424 g/mol. The molecule has 0 aliphatic carbocycles. The minimum atomic E-state index is -3.17. The molecule has 0 bridgehead atoms. The van der Waals surface area contributed by atoms with Gasteiger partial charge in [-0.3, -0.25) is 19.2 Å². The number of rotatable bonds is 11. The Kier molecular flexibility index (Phi) is 15.4. The Hall–Kier alpha value is -2.30. The first kappa shape index (κ1) is 33.3. The van der Waals surface area contributed by atoms with Crippen LogP contribution in [0.3, 0.4) is 0 Å². The summed E-state index contributed by atoms with van der Waals surface area (Å²) in [4.78, 5) is 66.0. The number of aliphatic carboxylic acids is 5. The third kappa shape index (κ3) is 10.1. The molecule has 1 unspecified atom stereocenters. The quantitative estimate of drug-likeness (QED) is 0.127. The molecule has 28 heavy (non-hydrogen) atoms. The number of carbonyl (C=O) groups excluding carboxylic acids is 1. The molecule has 0 radical (unpaired) electrons. The second kappa shape index (κ2) is 13.0. The summed E-state index contributed by atoms with van der Waals surface area (Å²) >= 11 is 0. The molecule has 0 spiro atoms. The van der Waals surface area contributed by atoms with E-state index in [1.165, 1.54) is 0 Å². The van der Waals surface area contributed by atoms with Crippen LogP contribution in [0.4, 0.5) is 0 Å². The monoisotopic (exact) mass is 424 g/mol. The van der Waals surface area contributed by atoms with Gasteiger partial charge in [0.2, 0.25) is 5.60 Å². The van der Waals surface area contributed by atoms with Gasteiger partial charge in [0, 0.05) is 0 Å². The molecule has 15 nitrogen and oxygen atoms in total. The zero-order valence-corrected chi connectivity index (χ0v) is 13.8. The summed E-state index contributed by atoms with van der Waals surface area (Å²) in [5.41, 5.74) is -6.24. The summed E-state index contributed by atoms with van der Waals surface area (Å²) in [5.74, 6) is -11.6. The van der Waals surface area contributed by atoms with Gasteiger partial charge in [0.25, 0.3) is 0 Å². The van der Waals surface area contributed by atoms with Crippen LogP contribution in [0.25, 0.3) is 0 Å². The van der Waals surface area contributed by atoms with Crippen molar-refractivity contribution in [1.82, 2.24) is 12.3 Å². The van der Waals surface area contributed by atoms with Crippen molar-refractivity contribution in [3.63, 3.8) is 0 Å². The van der Waals surface area contributed by atoms with Crippen molar-refractivity contribution in [2.45, 2.75) is 36.9 Å². The summed E-state index contributed by atoms with van der Waals surface area (Å²) < 4.78 is 4.33. The van der Waals surface area contributed by atoms with E-state index in [1.807, 2.05) is 0 Å². The molecule has 0 rings (SSSR count). The zero-order chi connectivity index (χ0) is 20.0. The van der Waals surface area contributed by atoms with Crippen LogP contribution in [-0.2, 0) is 33.5 Å². The molecule has 158 valence electrons. The van der Waals surface area contributed by atoms with Crippen molar-refractivity contribution in [2.24, 2.45) is 0 Å². The second-order valence-electron chi connectivity index (χ2n) is 5.00. The van der Waals surface area contributed by atoms with E-state index in [2.05, 4.69) is 4.74 Å². The Labute approximate surface area is 178 Å². The summed E-state index contributed by atoms with van der Waals surface area (Å²) in [7, 11) is 0. The molecular weight excluding hydrogens is 403 g/mol. The van der Waals surface area contributed by atoms with E-state index in [0.717, 1.165) is 0 Å². The first-order chi connectivity index (χ1) is 11.2. The van der Waals surface area contributed by atoms with Crippen LogP contribution in [-0.4, -0.2) is 107 Å². The average Bonchev–Trinajstić information content (AvgIpc) is 2.34. The predicted octanol–water partition coefficient (Wildman–Crippen LogP) is -2.34. The third-order valence-electron chi connectivity index (χ3n) is 2.85. The normalized spacial score (nSPS) is 11.9. The molecule has 0 aromatic carbocycles. The van der Waals surface area contributed by atoms with Crippen LogP contribution >= 0.6 is 0 Å². The number of ether oxygens (including phenoxy) is 1. The fourth-order valence-corrected chi connectivity index (χ4v) is 1.77. The van der Waals surface area contributed by atoms with Crippen molar-refractivity contribution >= 4 is 65.4 Å². The number of carboxylic acid groups (broad SMARTS) is 5. The molecule has 0 aliphatic rings. The fraction of sp³-hybridized carbons (Fsp3) is 0.500. The van der Waals surface area contributed by atoms with Crippen LogP contribution in [0.15, 0.2) is 0 Å². The molecule has 0 saturated heterocycles. The summed E-state index contributed by atoms with van der Waals surface area (Å²) in [5, 5.41) is 53.5. The third-order valence-corrected chi connectivity index (χ3v) is 2.85. The van der Waals surface area contributed by atoms with E-state index in [0.29, 0.717) is 0 Å². The van der Waals surface area contributed by atoms with E-state index in [9.17, 15) is 33.9 Å². The molecule has 1 atom stereocenters. The standard InChI is InChI=1S/C12H14O13.2H3N.Na.H/c13-5(14)1-11(24,9(20)21)4-8(19)25-12(10(22)23,2-6(15)16)3-7(17)18;;;;/h24H,1-4H2,(H,13,14)(H,15,16)(H,17,18)(H,20,21)(H,22,23);2*1H3;;. The molecule has 0 amide bonds. The molecule has 0 aliphatic heterocycles. The SMILES string of the molecule is N.N.O=C(O)CC(O)(CC(=O)OC(CC(=O)O)(CC(=O)O)C(=O)O)C(=O)O.[NaH]. The van der Waals surface area contributed by atoms with Gasteiger partial charge >= 0.3 is 65.4 Å². The Morgan fingerprint density at radius 1 is 0.643 bits per heavy atom. The Morgan fingerprint density at radius 3 is 1.25 bits per heavy atom. The van der Waals surface area contributed by atoms with Crippen LogP contribution in [0.1, 0.15) is 25.7 Å². The number of aliphatic hydroxyl groups is 1. The number of esters is 1. The Balaban J connectivity index is -0.000000960. The van der Waals surface area contributed by atoms with Crippen LogP contribution < -0.4 is 12.3 Å². The van der Waals surface area contributed by atoms with Gasteiger partial charge in [-0.15, -0.1) is 0 Å². The zero-order valence-electron chi connectivity index (χ0n) is 13.8. The number of hydrogen-bond acceptors (Lipinski definition) is 10. The first-order valence-corrected chi connectivity index (χ1v) is 6.30. The topological polar surface area (TPSA) is 303 Å². The van der Waals surface area contributed by atoms with Gasteiger partial charge in [-0.1, -0.05) is 0 Å². The molecule has 0 heterocycles. The molecule has 0 fully saturated rings. The maximum absolute atomic E-state index is 11.7. The molecule has 16 heteroatoms. The van der Waals surface area contributed by atoms with Gasteiger partial charge in [0.05, 0.1) is 25.7 Å². The van der Waals surface area contributed by atoms with Crippen LogP contribution in [0.2, 0.25) is 0 Å². The number of hydrogen-bond donors (Lipinski definition) is 8. The first-order valence-electron chi connectivity index (χ1n) is 6.30. The van der Waals surface area contributed by atoms with E-state index in [4.69, 9.17) is 25.5 Å². The van der Waals surface area contributed by atoms with Gasteiger partial charge in [0.1, 0.15) is 0 Å². The molecular formula is C12H21N2NaO13. The van der Waals surface area contributed by atoms with Gasteiger partial charge in [-0.05, 0) is 0 Å². The molecule has 0 aromatic rings. The summed E-state index contributed by atoms with van der Waals surface area (Å²) in [6, 6.07) is 0. The van der Waals surface area contributed by atoms with Gasteiger partial charge < -0.3 is 47.7 Å². The van der Waals surface area contributed by atoms with Crippen molar-refractivity contribution < 1.29 is 64.1 Å². The van der Waals surface area contributed by atoms with E-state index < -0.39 is 72.7 Å². The van der Waals surface area contributed by atoms with E-state index >= 15 is 0 Å². The summed E-state index contributed by atoms with van der Waals surface area (Å²) in [6.07, 6.45) is -5.94. The summed E-state index contributed by atoms with van der Waals surface area (Å²) in [6.45, 7) is 0. The molecule has 0 saturated carbocycles. The molecule has 0 aromatic heterocycles. The second-order valence-corrected chi connectivity index (χ2v) is 5.00. The molecule has 12 N–H and O–H groups in total. The minimum absolute atomic E-state index is 0.